The summed E-state index contributed by atoms with van der Waals surface area (Å²) in [6.45, 7) is 6.32. The van der Waals surface area contributed by atoms with Crippen LogP contribution in [0, 0.1) is 0 Å². The van der Waals surface area contributed by atoms with E-state index in [-0.39, 0.29) is 11.0 Å². The molecular formula is C25H29N3O6S. The lowest BCUT2D eigenvalue weighted by Gasteiger charge is -2.14. The van der Waals surface area contributed by atoms with Crippen LogP contribution in [0.1, 0.15) is 26.3 Å². The summed E-state index contributed by atoms with van der Waals surface area (Å²) in [5, 5.41) is 18.9. The molecule has 10 heteroatoms. The van der Waals surface area contributed by atoms with E-state index in [2.05, 4.69) is 10.2 Å². The van der Waals surface area contributed by atoms with Crippen LogP contribution in [0.25, 0.3) is 17.5 Å². The van der Waals surface area contributed by atoms with E-state index < -0.39 is 5.97 Å². The van der Waals surface area contributed by atoms with Gasteiger partial charge in [-0.3, -0.25) is 0 Å². The minimum atomic E-state index is -1.08. The lowest BCUT2D eigenvalue weighted by Crippen LogP contribution is -2.06. The number of thioether (sulfide) groups is 1. The van der Waals surface area contributed by atoms with Crippen molar-refractivity contribution in [1.29, 1.82) is 0 Å². The molecule has 0 radical (unpaired) electrons. The Hall–Kier alpha value is -3.66. The third-order valence-electron chi connectivity index (χ3n) is 4.90. The van der Waals surface area contributed by atoms with E-state index in [1.165, 1.54) is 0 Å². The average Bonchev–Trinajstić information content (AvgIpc) is 3.26. The van der Waals surface area contributed by atoms with E-state index in [0.717, 1.165) is 17.3 Å². The fraction of sp³-hybridized carbons (Fsp3) is 0.320. The summed E-state index contributed by atoms with van der Waals surface area (Å²) < 4.78 is 23.7. The number of methoxy groups -OCH3 is 3. The molecule has 1 N–H and O–H groups in total. The van der Waals surface area contributed by atoms with Gasteiger partial charge in [-0.25, -0.2) is 4.79 Å². The highest BCUT2D eigenvalue weighted by molar-refractivity contribution is 8.04. The van der Waals surface area contributed by atoms with Crippen LogP contribution in [-0.2, 0) is 11.3 Å². The molecule has 0 aliphatic carbocycles. The Morgan fingerprint density at radius 2 is 1.71 bits per heavy atom. The summed E-state index contributed by atoms with van der Waals surface area (Å²) in [7, 11) is 4.69. The van der Waals surface area contributed by atoms with E-state index in [1.807, 2.05) is 37.5 Å². The predicted molar refractivity (Wildman–Crippen MR) is 134 cm³/mol. The van der Waals surface area contributed by atoms with Crippen LogP contribution in [-0.4, -0.2) is 53.3 Å². The van der Waals surface area contributed by atoms with E-state index in [1.54, 1.807) is 51.7 Å². The number of aromatic nitrogens is 3. The number of aliphatic carboxylic acids is 1. The smallest absolute Gasteiger partial charge is 0.342 e. The SMILES string of the molecule is CCn1c(S/C(=C\c2ccc(OC(C)C)c(OC)c2)C(=O)O)nnc1-c1cc(OC)cc(OC)c1. The average molecular weight is 500 g/mol. The van der Waals surface area contributed by atoms with Crippen LogP contribution >= 0.6 is 11.8 Å². The Balaban J connectivity index is 1.97. The number of rotatable bonds is 11. The Morgan fingerprint density at radius 3 is 2.26 bits per heavy atom. The first kappa shape index (κ1) is 26.0. The number of hydrogen-bond donors (Lipinski definition) is 1. The number of carboxylic acid groups (broad SMARTS) is 1. The summed E-state index contributed by atoms with van der Waals surface area (Å²) in [6.07, 6.45) is 1.55. The monoisotopic (exact) mass is 499 g/mol. The Bertz CT molecular complexity index is 1200. The second kappa shape index (κ2) is 11.7. The summed E-state index contributed by atoms with van der Waals surface area (Å²) in [6, 6.07) is 10.7. The van der Waals surface area contributed by atoms with Gasteiger partial charge < -0.3 is 28.6 Å². The Morgan fingerprint density at radius 1 is 1.03 bits per heavy atom. The summed E-state index contributed by atoms with van der Waals surface area (Å²) in [5.74, 6) is 1.84. The third-order valence-corrected chi connectivity index (χ3v) is 5.90. The zero-order valence-electron chi connectivity index (χ0n) is 20.6. The van der Waals surface area contributed by atoms with E-state index in [0.29, 0.717) is 46.1 Å². The van der Waals surface area contributed by atoms with Gasteiger partial charge in [-0.2, -0.15) is 0 Å². The maximum atomic E-state index is 12.1. The number of nitrogens with zero attached hydrogens (tertiary/aromatic N) is 3. The maximum absolute atomic E-state index is 12.1. The van der Waals surface area contributed by atoms with Gasteiger partial charge in [0.15, 0.2) is 22.5 Å². The fourth-order valence-electron chi connectivity index (χ4n) is 3.31. The molecule has 0 aliphatic heterocycles. The maximum Gasteiger partial charge on any atom is 0.342 e. The van der Waals surface area contributed by atoms with Crippen molar-refractivity contribution in [1.82, 2.24) is 14.8 Å². The van der Waals surface area contributed by atoms with Crippen LogP contribution in [0.15, 0.2) is 46.5 Å². The van der Waals surface area contributed by atoms with Crippen molar-refractivity contribution in [3.05, 3.63) is 46.9 Å². The largest absolute Gasteiger partial charge is 0.497 e. The predicted octanol–water partition coefficient (Wildman–Crippen LogP) is 5.00. The minimum absolute atomic E-state index is 0.0189. The Kier molecular flexibility index (Phi) is 8.64. The van der Waals surface area contributed by atoms with Crippen molar-refractivity contribution in [3.63, 3.8) is 0 Å². The third kappa shape index (κ3) is 6.27. The van der Waals surface area contributed by atoms with Crippen molar-refractivity contribution >= 4 is 23.8 Å². The minimum Gasteiger partial charge on any atom is -0.497 e. The summed E-state index contributed by atoms with van der Waals surface area (Å²) in [4.78, 5) is 12.2. The molecule has 0 atom stereocenters. The quantitative estimate of drug-likeness (QED) is 0.288. The van der Waals surface area contributed by atoms with Crippen LogP contribution in [0.4, 0.5) is 0 Å². The highest BCUT2D eigenvalue weighted by Crippen LogP contribution is 2.35. The zero-order chi connectivity index (χ0) is 25.5. The molecule has 0 spiro atoms. The molecule has 0 aliphatic rings. The van der Waals surface area contributed by atoms with Gasteiger partial charge in [-0.15, -0.1) is 10.2 Å². The lowest BCUT2D eigenvalue weighted by atomic mass is 10.2. The molecule has 0 bridgehead atoms. The van der Waals surface area contributed by atoms with Crippen LogP contribution < -0.4 is 18.9 Å². The number of benzene rings is 2. The molecule has 0 unspecified atom stereocenters. The van der Waals surface area contributed by atoms with E-state index in [4.69, 9.17) is 18.9 Å². The normalized spacial score (nSPS) is 11.5. The van der Waals surface area contributed by atoms with Crippen molar-refractivity contribution in [3.8, 4) is 34.4 Å². The van der Waals surface area contributed by atoms with Crippen LogP contribution in [0.5, 0.6) is 23.0 Å². The van der Waals surface area contributed by atoms with Crippen LogP contribution in [0.2, 0.25) is 0 Å². The molecule has 35 heavy (non-hydrogen) atoms. The van der Waals surface area contributed by atoms with Gasteiger partial charge in [-0.1, -0.05) is 6.07 Å². The molecule has 1 aromatic heterocycles. The molecular weight excluding hydrogens is 470 g/mol. The summed E-state index contributed by atoms with van der Waals surface area (Å²) >= 11 is 1.02. The molecule has 9 nitrogen and oxygen atoms in total. The van der Waals surface area contributed by atoms with Crippen molar-refractivity contribution in [2.45, 2.75) is 38.6 Å². The lowest BCUT2D eigenvalue weighted by molar-refractivity contribution is -0.131. The molecule has 3 rings (SSSR count). The molecule has 0 amide bonds. The van der Waals surface area contributed by atoms with Crippen LogP contribution in [0.3, 0.4) is 0 Å². The van der Waals surface area contributed by atoms with Gasteiger partial charge in [0.05, 0.1) is 27.4 Å². The van der Waals surface area contributed by atoms with E-state index in [9.17, 15) is 9.90 Å². The second-order valence-corrected chi connectivity index (χ2v) is 8.65. The number of ether oxygens (including phenoxy) is 4. The number of carbonyl (C=O) groups is 1. The first-order chi connectivity index (χ1) is 16.8. The molecule has 0 saturated carbocycles. The summed E-state index contributed by atoms with van der Waals surface area (Å²) in [5.41, 5.74) is 1.40. The first-order valence-electron chi connectivity index (χ1n) is 10.9. The van der Waals surface area contributed by atoms with Gasteiger partial charge in [-0.05, 0) is 68.4 Å². The first-order valence-corrected chi connectivity index (χ1v) is 11.7. The Labute approximate surface area is 208 Å². The van der Waals surface area contributed by atoms with E-state index >= 15 is 0 Å². The molecule has 0 saturated heterocycles. The standard InChI is InChI=1S/C25H29N3O6S/c1-7-28-23(17-12-18(31-4)14-19(13-17)32-5)26-27-25(28)35-22(24(29)30)11-16-8-9-20(34-15(2)3)21(10-16)33-6/h8-15H,7H2,1-6H3,(H,29,30)/b22-11-. The molecule has 0 fully saturated rings. The second-order valence-electron chi connectivity index (χ2n) is 7.64. The van der Waals surface area contributed by atoms with Crippen molar-refractivity contribution in [2.75, 3.05) is 21.3 Å². The molecule has 3 aromatic rings. The van der Waals surface area contributed by atoms with Gasteiger partial charge in [0, 0.05) is 18.2 Å². The number of carboxylic acids is 1. The van der Waals surface area contributed by atoms with Gasteiger partial charge in [0.2, 0.25) is 0 Å². The highest BCUT2D eigenvalue weighted by Gasteiger charge is 2.19. The van der Waals surface area contributed by atoms with Gasteiger partial charge in [0.25, 0.3) is 0 Å². The van der Waals surface area contributed by atoms with Crippen molar-refractivity contribution < 1.29 is 28.8 Å². The molecule has 1 heterocycles. The van der Waals surface area contributed by atoms with Gasteiger partial charge in [0.1, 0.15) is 16.4 Å². The number of hydrogen-bond acceptors (Lipinski definition) is 8. The molecule has 2 aromatic carbocycles. The molecule has 186 valence electrons. The fourth-order valence-corrected chi connectivity index (χ4v) is 4.20. The topological polar surface area (TPSA) is 105 Å². The zero-order valence-corrected chi connectivity index (χ0v) is 21.4. The van der Waals surface area contributed by atoms with Crippen molar-refractivity contribution in [2.24, 2.45) is 0 Å². The van der Waals surface area contributed by atoms with Gasteiger partial charge >= 0.3 is 5.97 Å². The highest BCUT2D eigenvalue weighted by atomic mass is 32.2.